The quantitative estimate of drug-likeness (QED) is 0.0869. The molecular weight excluding hydrogens is 689 g/mol. The highest BCUT2D eigenvalue weighted by atomic mass is 32.2. The highest BCUT2D eigenvalue weighted by Gasteiger charge is 2.50. The molecule has 5 unspecified atom stereocenters. The van der Waals surface area contributed by atoms with Crippen LogP contribution in [0.15, 0.2) is 182 Å². The van der Waals surface area contributed by atoms with E-state index in [-0.39, 0.29) is 12.0 Å². The van der Waals surface area contributed by atoms with Crippen molar-refractivity contribution in [1.29, 1.82) is 0 Å². The molecule has 276 valence electrons. The average Bonchev–Trinajstić information content (AvgIpc) is 3.24. The average molecular weight is 737 g/mol. The summed E-state index contributed by atoms with van der Waals surface area (Å²) < 4.78 is 35.3. The number of thioether (sulfide) groups is 1. The fraction of sp³-hybridized carbons (Fsp3) is 0.250. The van der Waals surface area contributed by atoms with Crippen LogP contribution in [0.1, 0.15) is 40.3 Å². The molecule has 1 saturated heterocycles. The Bertz CT molecular complexity index is 1830. The first-order valence-electron chi connectivity index (χ1n) is 18.8. The predicted octanol–water partition coefficient (Wildman–Crippen LogP) is 10.2. The van der Waals surface area contributed by atoms with Gasteiger partial charge < -0.3 is 23.7 Å². The lowest BCUT2D eigenvalue weighted by Crippen LogP contribution is -2.60. The molecule has 54 heavy (non-hydrogen) atoms. The summed E-state index contributed by atoms with van der Waals surface area (Å²) in [6, 6.07) is 62.2. The van der Waals surface area contributed by atoms with Crippen LogP contribution >= 0.6 is 11.8 Å². The van der Waals surface area contributed by atoms with E-state index in [1.807, 2.05) is 72.8 Å². The van der Waals surface area contributed by atoms with Gasteiger partial charge in [0.2, 0.25) is 0 Å². The van der Waals surface area contributed by atoms with Crippen LogP contribution in [-0.4, -0.2) is 42.2 Å². The highest BCUT2D eigenvalue weighted by molar-refractivity contribution is 7.99. The number of benzene rings is 6. The van der Waals surface area contributed by atoms with Crippen LogP contribution in [0.2, 0.25) is 0 Å². The Kier molecular flexibility index (Phi) is 13.4. The summed E-state index contributed by atoms with van der Waals surface area (Å²) in [6.45, 7) is 3.59. The van der Waals surface area contributed by atoms with E-state index in [0.29, 0.717) is 19.8 Å². The molecule has 6 heteroatoms. The molecule has 0 amide bonds. The molecule has 6 aromatic rings. The van der Waals surface area contributed by atoms with Gasteiger partial charge in [-0.1, -0.05) is 189 Å². The standard InChI is InChI=1S/C48H48O5S/c1-2-54-47-46(51-35-39-25-13-5-14-26-39)45(50-34-38-23-11-4-12-24-38)44(49-33-37-21-9-3-10-22-37)43(53-47)36-52-48(40-27-15-6-16-28-40,41-29-17-7-18-30-41)42-31-19-8-20-32-42/h3-32,43-47H,2,33-36H2,1H3. The SMILES string of the molecule is CCSC1OC(COC(c2ccccc2)(c2ccccc2)c2ccccc2)C(OCc2ccccc2)C(OCc2ccccc2)C1OCc1ccccc1. The van der Waals surface area contributed by atoms with Crippen LogP contribution in [0.3, 0.4) is 0 Å². The molecule has 0 bridgehead atoms. The van der Waals surface area contributed by atoms with Crippen LogP contribution in [0.4, 0.5) is 0 Å². The summed E-state index contributed by atoms with van der Waals surface area (Å²) in [6.07, 6.45) is -1.91. The third-order valence-corrected chi connectivity index (χ3v) is 10.8. The third kappa shape index (κ3) is 9.22. The van der Waals surface area contributed by atoms with Crippen molar-refractivity contribution in [2.75, 3.05) is 12.4 Å². The topological polar surface area (TPSA) is 46.2 Å². The van der Waals surface area contributed by atoms with E-state index in [0.717, 1.165) is 39.1 Å². The van der Waals surface area contributed by atoms with Gasteiger partial charge in [-0.2, -0.15) is 0 Å². The minimum Gasteiger partial charge on any atom is -0.368 e. The Morgan fingerprint density at radius 3 is 1.20 bits per heavy atom. The molecule has 1 fully saturated rings. The zero-order valence-electron chi connectivity index (χ0n) is 30.7. The van der Waals surface area contributed by atoms with Crippen LogP contribution in [0.25, 0.3) is 0 Å². The second-order valence-corrected chi connectivity index (χ2v) is 14.7. The van der Waals surface area contributed by atoms with Crippen LogP contribution in [0, 0.1) is 0 Å². The predicted molar refractivity (Wildman–Crippen MR) is 217 cm³/mol. The molecule has 0 N–H and O–H groups in total. The van der Waals surface area contributed by atoms with Crippen molar-refractivity contribution < 1.29 is 23.7 Å². The number of rotatable bonds is 17. The Labute approximate surface area is 324 Å². The van der Waals surface area contributed by atoms with E-state index in [2.05, 4.69) is 116 Å². The van der Waals surface area contributed by atoms with Crippen LogP contribution < -0.4 is 0 Å². The summed E-state index contributed by atoms with van der Waals surface area (Å²) in [4.78, 5) is 0. The first-order chi connectivity index (χ1) is 26.7. The fourth-order valence-electron chi connectivity index (χ4n) is 7.15. The van der Waals surface area contributed by atoms with Gasteiger partial charge in [0.05, 0.1) is 26.4 Å². The largest absolute Gasteiger partial charge is 0.368 e. The lowest BCUT2D eigenvalue weighted by molar-refractivity contribution is -0.258. The van der Waals surface area contributed by atoms with Gasteiger partial charge in [0.25, 0.3) is 0 Å². The zero-order chi connectivity index (χ0) is 36.8. The molecule has 1 aliphatic heterocycles. The molecule has 0 aliphatic carbocycles. The van der Waals surface area contributed by atoms with Crippen LogP contribution in [-0.2, 0) is 49.1 Å². The lowest BCUT2D eigenvalue weighted by atomic mass is 9.80. The van der Waals surface area contributed by atoms with Crippen molar-refractivity contribution in [3.8, 4) is 0 Å². The van der Waals surface area contributed by atoms with Crippen molar-refractivity contribution in [3.63, 3.8) is 0 Å². The molecule has 7 rings (SSSR count). The Balaban J connectivity index is 1.28. The number of hydrogen-bond donors (Lipinski definition) is 0. The monoisotopic (exact) mass is 736 g/mol. The minimum absolute atomic E-state index is 0.232. The van der Waals surface area contributed by atoms with Crippen LogP contribution in [0.5, 0.6) is 0 Å². The van der Waals surface area contributed by atoms with E-state index in [9.17, 15) is 0 Å². The van der Waals surface area contributed by atoms with Gasteiger partial charge in [-0.05, 0) is 39.1 Å². The van der Waals surface area contributed by atoms with Gasteiger partial charge in [0.1, 0.15) is 35.5 Å². The molecule has 5 atom stereocenters. The summed E-state index contributed by atoms with van der Waals surface area (Å²) >= 11 is 1.73. The summed E-state index contributed by atoms with van der Waals surface area (Å²) in [5.74, 6) is 0.840. The second-order valence-electron chi connectivity index (χ2n) is 13.4. The molecule has 0 aromatic heterocycles. The van der Waals surface area contributed by atoms with Gasteiger partial charge in [0.15, 0.2) is 0 Å². The maximum absolute atomic E-state index is 7.40. The summed E-state index contributed by atoms with van der Waals surface area (Å²) in [7, 11) is 0. The van der Waals surface area contributed by atoms with Gasteiger partial charge >= 0.3 is 0 Å². The molecule has 0 radical (unpaired) electrons. The Hall–Kier alpha value is -4.53. The van der Waals surface area contributed by atoms with E-state index in [1.54, 1.807) is 11.8 Å². The molecule has 6 aromatic carbocycles. The second kappa shape index (κ2) is 19.2. The fourth-order valence-corrected chi connectivity index (χ4v) is 8.13. The first-order valence-corrected chi connectivity index (χ1v) is 19.8. The van der Waals surface area contributed by atoms with Gasteiger partial charge in [-0.3, -0.25) is 0 Å². The molecule has 5 nitrogen and oxygen atoms in total. The van der Waals surface area contributed by atoms with Crippen molar-refractivity contribution in [2.45, 2.75) is 62.2 Å². The van der Waals surface area contributed by atoms with E-state index >= 15 is 0 Å². The maximum Gasteiger partial charge on any atom is 0.143 e. The molecular formula is C48H48O5S. The van der Waals surface area contributed by atoms with Crippen molar-refractivity contribution in [3.05, 3.63) is 215 Å². The highest BCUT2D eigenvalue weighted by Crippen LogP contribution is 2.42. The van der Waals surface area contributed by atoms with E-state index in [4.69, 9.17) is 23.7 Å². The summed E-state index contributed by atoms with van der Waals surface area (Å²) in [5.41, 5.74) is 5.07. The summed E-state index contributed by atoms with van der Waals surface area (Å²) in [5, 5.41) is 0. The molecule has 0 spiro atoms. The number of ether oxygens (including phenoxy) is 5. The Morgan fingerprint density at radius 2 is 0.815 bits per heavy atom. The third-order valence-electron chi connectivity index (χ3n) is 9.78. The molecule has 1 heterocycles. The molecule has 0 saturated carbocycles. The maximum atomic E-state index is 7.40. The van der Waals surface area contributed by atoms with Gasteiger partial charge in [-0.25, -0.2) is 0 Å². The first kappa shape index (κ1) is 37.8. The zero-order valence-corrected chi connectivity index (χ0v) is 31.5. The smallest absolute Gasteiger partial charge is 0.143 e. The van der Waals surface area contributed by atoms with Crippen molar-refractivity contribution in [1.82, 2.24) is 0 Å². The normalized spacial score (nSPS) is 20.1. The van der Waals surface area contributed by atoms with E-state index < -0.39 is 30.0 Å². The van der Waals surface area contributed by atoms with Gasteiger partial charge in [-0.15, -0.1) is 11.8 Å². The van der Waals surface area contributed by atoms with Gasteiger partial charge in [0, 0.05) is 0 Å². The van der Waals surface area contributed by atoms with Crippen molar-refractivity contribution in [2.24, 2.45) is 0 Å². The lowest BCUT2D eigenvalue weighted by Gasteiger charge is -2.47. The number of hydrogen-bond acceptors (Lipinski definition) is 6. The molecule has 1 aliphatic rings. The Morgan fingerprint density at radius 1 is 0.463 bits per heavy atom. The van der Waals surface area contributed by atoms with Crippen molar-refractivity contribution >= 4 is 11.8 Å². The van der Waals surface area contributed by atoms with E-state index in [1.165, 1.54) is 0 Å². The minimum atomic E-state index is -0.925.